The number of para-hydroxylation sites is 2. The lowest BCUT2D eigenvalue weighted by Gasteiger charge is -2.36. The number of imide groups is 1. The molecule has 0 saturated carbocycles. The van der Waals surface area contributed by atoms with Crippen LogP contribution in [0.5, 0.6) is 5.75 Å². The number of nitrogens with zero attached hydrogens (tertiary/aromatic N) is 3. The van der Waals surface area contributed by atoms with E-state index in [1.807, 2.05) is 18.2 Å². The van der Waals surface area contributed by atoms with Gasteiger partial charge in [0.25, 0.3) is 0 Å². The fourth-order valence-electron chi connectivity index (χ4n) is 3.89. The van der Waals surface area contributed by atoms with Crippen LogP contribution in [0.2, 0.25) is 0 Å². The number of amides is 3. The van der Waals surface area contributed by atoms with Crippen molar-refractivity contribution >= 4 is 23.4 Å². The lowest BCUT2D eigenvalue weighted by atomic mass is 10.2. The average molecular weight is 388 g/mol. The molecule has 0 radical (unpaired) electrons. The Balaban J connectivity index is 1.43. The highest BCUT2D eigenvalue weighted by molar-refractivity contribution is 6.02. The molecule has 28 heavy (non-hydrogen) atoms. The van der Waals surface area contributed by atoms with E-state index in [2.05, 4.69) is 21.2 Å². The first-order valence-electron chi connectivity index (χ1n) is 9.72. The molecule has 152 valence electrons. The van der Waals surface area contributed by atoms with Crippen molar-refractivity contribution in [3.8, 4) is 5.75 Å². The zero-order valence-corrected chi connectivity index (χ0v) is 16.5. The van der Waals surface area contributed by atoms with Gasteiger partial charge in [0.1, 0.15) is 11.8 Å². The van der Waals surface area contributed by atoms with Gasteiger partial charge in [0.2, 0.25) is 17.7 Å². The second-order valence-electron chi connectivity index (χ2n) is 7.13. The number of nitrogens with one attached hydrogen (secondary N) is 1. The predicted molar refractivity (Wildman–Crippen MR) is 105 cm³/mol. The number of hydrogen-bond donors (Lipinski definition) is 1. The minimum absolute atomic E-state index is 0.242. The molecule has 1 aromatic rings. The molecule has 1 aromatic carbocycles. The zero-order valence-electron chi connectivity index (χ0n) is 16.5. The topological polar surface area (TPSA) is 82.2 Å². The summed E-state index contributed by atoms with van der Waals surface area (Å²) in [5.41, 5.74) is 1.10. The smallest absolute Gasteiger partial charge is 0.243 e. The molecule has 0 unspecified atom stereocenters. The molecule has 2 heterocycles. The Kier molecular flexibility index (Phi) is 6.51. The Labute approximate surface area is 165 Å². The number of rotatable bonds is 6. The van der Waals surface area contributed by atoms with Gasteiger partial charge >= 0.3 is 0 Å². The van der Waals surface area contributed by atoms with Gasteiger partial charge in [-0.1, -0.05) is 12.1 Å². The van der Waals surface area contributed by atoms with Crippen LogP contribution in [0.15, 0.2) is 24.3 Å². The van der Waals surface area contributed by atoms with Crippen molar-refractivity contribution in [3.63, 3.8) is 0 Å². The fraction of sp³-hybridized carbons (Fsp3) is 0.550. The summed E-state index contributed by atoms with van der Waals surface area (Å²) in [4.78, 5) is 41.4. The molecule has 3 amide bonds. The zero-order chi connectivity index (χ0) is 20.1. The van der Waals surface area contributed by atoms with Crippen molar-refractivity contribution in [3.05, 3.63) is 24.3 Å². The normalized spacial score (nSPS) is 20.4. The molecule has 2 aliphatic rings. The Morgan fingerprint density at radius 3 is 2.57 bits per heavy atom. The molecule has 0 aliphatic carbocycles. The van der Waals surface area contributed by atoms with Crippen LogP contribution in [0.1, 0.15) is 19.8 Å². The van der Waals surface area contributed by atoms with E-state index >= 15 is 0 Å². The van der Waals surface area contributed by atoms with E-state index < -0.39 is 6.04 Å². The summed E-state index contributed by atoms with van der Waals surface area (Å²) < 4.78 is 5.44. The molecule has 8 nitrogen and oxygen atoms in total. The summed E-state index contributed by atoms with van der Waals surface area (Å²) in [6.07, 6.45) is 0.657. The van der Waals surface area contributed by atoms with Crippen LogP contribution >= 0.6 is 0 Å². The first-order chi connectivity index (χ1) is 13.5. The molecule has 1 atom stereocenters. The second kappa shape index (κ2) is 9.05. The summed E-state index contributed by atoms with van der Waals surface area (Å²) in [6, 6.07) is 7.35. The number of methoxy groups -OCH3 is 1. The highest BCUT2D eigenvalue weighted by Crippen LogP contribution is 2.28. The van der Waals surface area contributed by atoms with Crippen molar-refractivity contribution in [1.82, 2.24) is 15.1 Å². The highest BCUT2D eigenvalue weighted by Gasteiger charge is 2.38. The van der Waals surface area contributed by atoms with Crippen LogP contribution in [-0.2, 0) is 14.4 Å². The first-order valence-corrected chi connectivity index (χ1v) is 9.72. The number of benzene rings is 1. The Morgan fingerprint density at radius 2 is 1.89 bits per heavy atom. The largest absolute Gasteiger partial charge is 0.495 e. The first kappa shape index (κ1) is 20.1. The highest BCUT2D eigenvalue weighted by atomic mass is 16.5. The van der Waals surface area contributed by atoms with E-state index in [1.165, 1.54) is 6.92 Å². The van der Waals surface area contributed by atoms with Gasteiger partial charge in [-0.25, -0.2) is 0 Å². The number of piperazine rings is 1. The van der Waals surface area contributed by atoms with Crippen molar-refractivity contribution in [1.29, 1.82) is 0 Å². The maximum absolute atomic E-state index is 12.4. The van der Waals surface area contributed by atoms with E-state index in [0.29, 0.717) is 13.0 Å². The van der Waals surface area contributed by atoms with Gasteiger partial charge in [0, 0.05) is 52.6 Å². The lowest BCUT2D eigenvalue weighted by Crippen LogP contribution is -2.50. The number of hydrogen-bond acceptors (Lipinski definition) is 6. The van der Waals surface area contributed by atoms with Gasteiger partial charge in [-0.15, -0.1) is 0 Å². The van der Waals surface area contributed by atoms with Gasteiger partial charge in [0.15, 0.2) is 0 Å². The minimum atomic E-state index is -0.660. The van der Waals surface area contributed by atoms with Gasteiger partial charge in [0.05, 0.1) is 12.8 Å². The van der Waals surface area contributed by atoms with E-state index in [-0.39, 0.29) is 24.1 Å². The van der Waals surface area contributed by atoms with Crippen molar-refractivity contribution in [2.75, 3.05) is 51.3 Å². The van der Waals surface area contributed by atoms with E-state index in [0.717, 1.165) is 49.1 Å². The Bertz CT molecular complexity index is 731. The maximum atomic E-state index is 12.4. The van der Waals surface area contributed by atoms with Crippen molar-refractivity contribution < 1.29 is 19.1 Å². The van der Waals surface area contributed by atoms with Gasteiger partial charge in [-0.05, 0) is 18.6 Å². The number of carbonyl (C=O) groups is 3. The molecule has 0 aromatic heterocycles. The molecular weight excluding hydrogens is 360 g/mol. The summed E-state index contributed by atoms with van der Waals surface area (Å²) in [5.74, 6) is 0.00767. The lowest BCUT2D eigenvalue weighted by molar-refractivity contribution is -0.146. The SMILES string of the molecule is COc1ccccc1N1CCN(CCNC(=O)[C@@H]2CCC(=O)N2C(C)=O)CC1. The third-order valence-electron chi connectivity index (χ3n) is 5.38. The molecular formula is C20H28N4O4. The van der Waals surface area contributed by atoms with Crippen LogP contribution < -0.4 is 15.0 Å². The van der Waals surface area contributed by atoms with Crippen molar-refractivity contribution in [2.45, 2.75) is 25.8 Å². The van der Waals surface area contributed by atoms with E-state index in [1.54, 1.807) is 7.11 Å². The number of carbonyl (C=O) groups excluding carboxylic acids is 3. The number of anilines is 1. The number of likely N-dealkylation sites (tertiary alicyclic amines) is 1. The van der Waals surface area contributed by atoms with Crippen LogP contribution in [0.3, 0.4) is 0 Å². The Morgan fingerprint density at radius 1 is 1.18 bits per heavy atom. The van der Waals surface area contributed by atoms with Gasteiger partial charge < -0.3 is 15.0 Å². The Hall–Kier alpha value is -2.61. The van der Waals surface area contributed by atoms with Crippen molar-refractivity contribution in [2.24, 2.45) is 0 Å². The molecule has 2 saturated heterocycles. The predicted octanol–water partition coefficient (Wildman–Crippen LogP) is 0.471. The van der Waals surface area contributed by atoms with Crippen LogP contribution in [0.25, 0.3) is 0 Å². The van der Waals surface area contributed by atoms with Crippen LogP contribution in [0, 0.1) is 0 Å². The monoisotopic (exact) mass is 388 g/mol. The quantitative estimate of drug-likeness (QED) is 0.763. The number of ether oxygens (including phenoxy) is 1. The molecule has 2 fully saturated rings. The molecule has 1 N–H and O–H groups in total. The molecule has 0 bridgehead atoms. The average Bonchev–Trinajstić information content (AvgIpc) is 3.10. The summed E-state index contributed by atoms with van der Waals surface area (Å²) in [5, 5.41) is 2.88. The van der Waals surface area contributed by atoms with Crippen LogP contribution in [-0.4, -0.2) is 79.9 Å². The molecule has 3 rings (SSSR count). The van der Waals surface area contributed by atoms with E-state index in [9.17, 15) is 14.4 Å². The van der Waals surface area contributed by atoms with Gasteiger partial charge in [-0.3, -0.25) is 24.2 Å². The maximum Gasteiger partial charge on any atom is 0.243 e. The molecule has 0 spiro atoms. The summed E-state index contributed by atoms with van der Waals surface area (Å²) >= 11 is 0. The van der Waals surface area contributed by atoms with Crippen LogP contribution in [0.4, 0.5) is 5.69 Å². The van der Waals surface area contributed by atoms with E-state index in [4.69, 9.17) is 4.74 Å². The summed E-state index contributed by atoms with van der Waals surface area (Å²) in [6.45, 7) is 6.15. The third kappa shape index (κ3) is 4.44. The van der Waals surface area contributed by atoms with Gasteiger partial charge in [-0.2, -0.15) is 0 Å². The standard InChI is InChI=1S/C20H28N4O4/c1-15(25)24-17(7-8-19(24)26)20(27)21-9-10-22-11-13-23(14-12-22)16-5-3-4-6-18(16)28-2/h3-6,17H,7-14H2,1-2H3,(H,21,27)/t17-/m0/s1. The molecule has 2 aliphatic heterocycles. The molecule has 8 heteroatoms. The third-order valence-corrected chi connectivity index (χ3v) is 5.38. The second-order valence-corrected chi connectivity index (χ2v) is 7.13. The summed E-state index contributed by atoms with van der Waals surface area (Å²) in [7, 11) is 1.68. The minimum Gasteiger partial charge on any atom is -0.495 e. The fourth-order valence-corrected chi connectivity index (χ4v) is 3.89.